The molecule has 3 aromatic rings. The molecule has 0 saturated carbocycles. The van der Waals surface area contributed by atoms with Crippen molar-refractivity contribution in [2.75, 3.05) is 7.11 Å². The Hall–Kier alpha value is -4.51. The molecule has 37 heavy (non-hydrogen) atoms. The first-order chi connectivity index (χ1) is 17.6. The number of esters is 2. The van der Waals surface area contributed by atoms with Gasteiger partial charge in [-0.1, -0.05) is 6.92 Å². The monoisotopic (exact) mass is 505 g/mol. The number of rotatable bonds is 4. The second kappa shape index (κ2) is 8.56. The number of amides is 1. The number of aliphatic hydroxyl groups is 1. The third kappa shape index (κ3) is 3.66. The number of phenolic OH excluding ortho intramolecular Hbond substituents is 1. The number of benzene rings is 1. The molecule has 0 unspecified atom stereocenters. The van der Waals surface area contributed by atoms with Gasteiger partial charge in [0.15, 0.2) is 5.60 Å². The molecule has 0 spiro atoms. The van der Waals surface area contributed by atoms with E-state index in [-0.39, 0.29) is 53.3 Å². The standard InChI is InChI=1S/C26H23N3O8/c1-4-26(35)17-9-20-21-14(10-29(20)23(32)16(17)11-37-25(26)34)7-15-18(28-21)6-5-13(22(15)31)8-19(24(33)36-3)27-12(2)30/h5-9,31,35H,4,10-11H2,1-3H3,(H,27,30)/b19-8-/t26-/m0/s1. The third-order valence-corrected chi connectivity index (χ3v) is 6.71. The van der Waals surface area contributed by atoms with Gasteiger partial charge in [0.2, 0.25) is 5.91 Å². The second-order valence-electron chi connectivity index (χ2n) is 8.90. The van der Waals surface area contributed by atoms with Crippen molar-refractivity contribution in [1.82, 2.24) is 14.9 Å². The van der Waals surface area contributed by atoms with Gasteiger partial charge in [0, 0.05) is 29.0 Å². The summed E-state index contributed by atoms with van der Waals surface area (Å²) in [7, 11) is 1.17. The zero-order valence-corrected chi connectivity index (χ0v) is 20.2. The summed E-state index contributed by atoms with van der Waals surface area (Å²) in [6, 6.07) is 6.46. The van der Waals surface area contributed by atoms with Gasteiger partial charge < -0.3 is 29.6 Å². The number of aromatic hydroxyl groups is 1. The van der Waals surface area contributed by atoms with Gasteiger partial charge in [-0.3, -0.25) is 9.59 Å². The van der Waals surface area contributed by atoms with Crippen LogP contribution in [0.2, 0.25) is 0 Å². The Balaban J connectivity index is 1.65. The summed E-state index contributed by atoms with van der Waals surface area (Å²) in [5.41, 5.74) is 0.209. The van der Waals surface area contributed by atoms with E-state index in [9.17, 15) is 29.4 Å². The maximum absolute atomic E-state index is 13.3. The highest BCUT2D eigenvalue weighted by Gasteiger charge is 2.45. The highest BCUT2D eigenvalue weighted by atomic mass is 16.6. The Labute approximate surface area is 210 Å². The Morgan fingerprint density at radius 1 is 1.30 bits per heavy atom. The number of fused-ring (bicyclic) bond motifs is 5. The molecule has 2 aliphatic rings. The van der Waals surface area contributed by atoms with Crippen molar-refractivity contribution in [2.24, 2.45) is 0 Å². The lowest BCUT2D eigenvalue weighted by molar-refractivity contribution is -0.172. The number of hydrogen-bond donors (Lipinski definition) is 3. The summed E-state index contributed by atoms with van der Waals surface area (Å²) in [5, 5.41) is 24.7. The van der Waals surface area contributed by atoms with Crippen LogP contribution in [0, 0.1) is 0 Å². The maximum atomic E-state index is 13.3. The van der Waals surface area contributed by atoms with E-state index in [1.807, 2.05) is 0 Å². The molecule has 0 aliphatic carbocycles. The van der Waals surface area contributed by atoms with Crippen LogP contribution >= 0.6 is 0 Å². The topological polar surface area (TPSA) is 157 Å². The Morgan fingerprint density at radius 2 is 2.05 bits per heavy atom. The van der Waals surface area contributed by atoms with Crippen LogP contribution in [-0.2, 0) is 42.6 Å². The number of pyridine rings is 2. The third-order valence-electron chi connectivity index (χ3n) is 6.71. The number of ether oxygens (including phenoxy) is 2. The molecule has 11 nitrogen and oxygen atoms in total. The lowest BCUT2D eigenvalue weighted by Crippen LogP contribution is -2.44. The average molecular weight is 505 g/mol. The van der Waals surface area contributed by atoms with Crippen LogP contribution in [-0.4, -0.2) is 44.7 Å². The van der Waals surface area contributed by atoms with Crippen molar-refractivity contribution in [3.8, 4) is 17.1 Å². The normalized spacial score (nSPS) is 18.1. The van der Waals surface area contributed by atoms with Gasteiger partial charge in [0.1, 0.15) is 18.1 Å². The molecule has 1 amide bonds. The molecular formula is C26H23N3O8. The molecule has 11 heteroatoms. The molecule has 3 N–H and O–H groups in total. The average Bonchev–Trinajstić information content (AvgIpc) is 3.24. The van der Waals surface area contributed by atoms with Crippen LogP contribution < -0.4 is 10.9 Å². The molecule has 190 valence electrons. The highest BCUT2D eigenvalue weighted by Crippen LogP contribution is 2.40. The first-order valence-corrected chi connectivity index (χ1v) is 11.5. The van der Waals surface area contributed by atoms with E-state index < -0.39 is 23.4 Å². The number of hydrogen-bond acceptors (Lipinski definition) is 9. The highest BCUT2D eigenvalue weighted by molar-refractivity contribution is 5.99. The summed E-state index contributed by atoms with van der Waals surface area (Å²) in [5.74, 6) is -2.24. The van der Waals surface area contributed by atoms with E-state index in [0.29, 0.717) is 27.9 Å². The first kappa shape index (κ1) is 24.2. The minimum atomic E-state index is -1.92. The van der Waals surface area contributed by atoms with Crippen molar-refractivity contribution >= 4 is 34.8 Å². The number of carbonyl (C=O) groups excluding carboxylic acids is 3. The van der Waals surface area contributed by atoms with Crippen LogP contribution in [0.25, 0.3) is 28.4 Å². The summed E-state index contributed by atoms with van der Waals surface area (Å²) >= 11 is 0. The Bertz CT molecular complexity index is 1620. The predicted molar refractivity (Wildman–Crippen MR) is 130 cm³/mol. The number of phenols is 1. The maximum Gasteiger partial charge on any atom is 0.354 e. The number of cyclic esters (lactones) is 1. The quantitative estimate of drug-likeness (QED) is 0.276. The molecule has 2 aromatic heterocycles. The number of nitrogens with one attached hydrogen (secondary N) is 1. The molecule has 0 saturated heterocycles. The van der Waals surface area contributed by atoms with Gasteiger partial charge in [-0.25, -0.2) is 14.6 Å². The van der Waals surface area contributed by atoms with Gasteiger partial charge in [-0.05, 0) is 36.8 Å². The molecule has 0 bridgehead atoms. The zero-order chi connectivity index (χ0) is 26.6. The molecular weight excluding hydrogens is 482 g/mol. The summed E-state index contributed by atoms with van der Waals surface area (Å²) in [4.78, 5) is 53.8. The van der Waals surface area contributed by atoms with Gasteiger partial charge in [-0.2, -0.15) is 0 Å². The SMILES string of the molecule is CC[C@@]1(O)C(=O)OCc2c1cc1n(c2=O)Cc2cc3c(O)c(/C=C(\NC(C)=O)C(=O)OC)ccc3nc2-1. The van der Waals surface area contributed by atoms with E-state index in [4.69, 9.17) is 9.47 Å². The Kier molecular flexibility index (Phi) is 5.60. The van der Waals surface area contributed by atoms with Gasteiger partial charge in [0.05, 0.1) is 36.1 Å². The predicted octanol–water partition coefficient (Wildman–Crippen LogP) is 1.44. The van der Waals surface area contributed by atoms with E-state index in [1.165, 1.54) is 30.7 Å². The molecule has 1 atom stereocenters. The van der Waals surface area contributed by atoms with Crippen molar-refractivity contribution in [2.45, 2.75) is 39.0 Å². The Morgan fingerprint density at radius 3 is 2.73 bits per heavy atom. The van der Waals surface area contributed by atoms with Crippen LogP contribution in [0.3, 0.4) is 0 Å². The van der Waals surface area contributed by atoms with Crippen LogP contribution in [0.1, 0.15) is 42.5 Å². The molecule has 0 radical (unpaired) electrons. The van der Waals surface area contributed by atoms with Crippen molar-refractivity contribution < 1.29 is 34.1 Å². The molecule has 2 aliphatic heterocycles. The van der Waals surface area contributed by atoms with Crippen molar-refractivity contribution in [3.63, 3.8) is 0 Å². The van der Waals surface area contributed by atoms with E-state index >= 15 is 0 Å². The number of methoxy groups -OCH3 is 1. The second-order valence-corrected chi connectivity index (χ2v) is 8.90. The van der Waals surface area contributed by atoms with E-state index in [2.05, 4.69) is 10.3 Å². The largest absolute Gasteiger partial charge is 0.507 e. The molecule has 1 aromatic carbocycles. The lowest BCUT2D eigenvalue weighted by atomic mass is 9.86. The fourth-order valence-electron chi connectivity index (χ4n) is 4.77. The van der Waals surface area contributed by atoms with E-state index in [0.717, 1.165) is 0 Å². The van der Waals surface area contributed by atoms with Gasteiger partial charge in [-0.15, -0.1) is 0 Å². The van der Waals surface area contributed by atoms with E-state index in [1.54, 1.807) is 25.1 Å². The summed E-state index contributed by atoms with van der Waals surface area (Å²) in [6.07, 6.45) is 1.33. The van der Waals surface area contributed by atoms with Crippen LogP contribution in [0.4, 0.5) is 0 Å². The minimum Gasteiger partial charge on any atom is -0.507 e. The van der Waals surface area contributed by atoms with Crippen LogP contribution in [0.15, 0.2) is 34.8 Å². The minimum absolute atomic E-state index is 0.0376. The van der Waals surface area contributed by atoms with Crippen LogP contribution in [0.5, 0.6) is 5.75 Å². The zero-order valence-electron chi connectivity index (χ0n) is 20.2. The summed E-state index contributed by atoms with van der Waals surface area (Å²) in [6.45, 7) is 2.81. The first-order valence-electron chi connectivity index (χ1n) is 11.5. The van der Waals surface area contributed by atoms with Crippen molar-refractivity contribution in [1.29, 1.82) is 0 Å². The lowest BCUT2D eigenvalue weighted by Gasteiger charge is -2.31. The molecule has 0 fully saturated rings. The fraction of sp³-hybridized carbons (Fsp3) is 0.269. The fourth-order valence-corrected chi connectivity index (χ4v) is 4.77. The smallest absolute Gasteiger partial charge is 0.354 e. The van der Waals surface area contributed by atoms with Gasteiger partial charge >= 0.3 is 11.9 Å². The number of nitrogens with zero attached hydrogens (tertiary/aromatic N) is 2. The number of carbonyl (C=O) groups is 3. The number of aromatic nitrogens is 2. The molecule has 5 rings (SSSR count). The van der Waals surface area contributed by atoms with Crippen molar-refractivity contribution in [3.05, 3.63) is 62.6 Å². The summed E-state index contributed by atoms with van der Waals surface area (Å²) < 4.78 is 11.3. The molecule has 4 heterocycles. The van der Waals surface area contributed by atoms with Gasteiger partial charge in [0.25, 0.3) is 5.56 Å².